The molecule has 0 bridgehead atoms. The van der Waals surface area contributed by atoms with Crippen LogP contribution in [0.25, 0.3) is 0 Å². The minimum Gasteiger partial charge on any atom is -0.489 e. The average Bonchev–Trinajstić information content (AvgIpc) is 2.47. The molecule has 0 atom stereocenters. The molecule has 2 rings (SSSR count). The first-order valence-electron chi connectivity index (χ1n) is 6.39. The van der Waals surface area contributed by atoms with Crippen molar-refractivity contribution < 1.29 is 9.66 Å². The van der Waals surface area contributed by atoms with Gasteiger partial charge in [0.25, 0.3) is 5.69 Å². The van der Waals surface area contributed by atoms with E-state index >= 15 is 0 Å². The first-order valence-corrected chi connectivity index (χ1v) is 7.18. The van der Waals surface area contributed by atoms with Gasteiger partial charge in [-0.25, -0.2) is 0 Å². The Bertz CT molecular complexity index is 647. The van der Waals surface area contributed by atoms with Crippen molar-refractivity contribution in [3.8, 4) is 5.75 Å². The van der Waals surface area contributed by atoms with Crippen LogP contribution >= 0.6 is 15.9 Å². The smallest absolute Gasteiger partial charge is 0.269 e. The highest BCUT2D eigenvalue weighted by Crippen LogP contribution is 2.24. The molecule has 0 aliphatic rings. The van der Waals surface area contributed by atoms with E-state index in [-0.39, 0.29) is 5.69 Å². The van der Waals surface area contributed by atoms with E-state index in [1.807, 2.05) is 31.3 Å². The molecule has 0 radical (unpaired) electrons. The monoisotopic (exact) mass is 350 g/mol. The van der Waals surface area contributed by atoms with E-state index in [9.17, 15) is 10.1 Å². The second kappa shape index (κ2) is 7.19. The Kier molecular flexibility index (Phi) is 5.30. The summed E-state index contributed by atoms with van der Waals surface area (Å²) in [5.74, 6) is 0.763. The largest absolute Gasteiger partial charge is 0.489 e. The van der Waals surface area contributed by atoms with Crippen LogP contribution in [0.15, 0.2) is 46.9 Å². The van der Waals surface area contributed by atoms with Crippen molar-refractivity contribution >= 4 is 21.6 Å². The molecular formula is C15H15BrN2O3. The van der Waals surface area contributed by atoms with E-state index in [1.54, 1.807) is 6.07 Å². The van der Waals surface area contributed by atoms with Crippen molar-refractivity contribution in [3.63, 3.8) is 0 Å². The molecule has 21 heavy (non-hydrogen) atoms. The van der Waals surface area contributed by atoms with Crippen LogP contribution in [0.3, 0.4) is 0 Å². The quantitative estimate of drug-likeness (QED) is 0.637. The van der Waals surface area contributed by atoms with Crippen molar-refractivity contribution in [1.29, 1.82) is 0 Å². The van der Waals surface area contributed by atoms with Crippen LogP contribution in [0, 0.1) is 10.1 Å². The third-order valence-corrected chi connectivity index (χ3v) is 3.40. The molecule has 0 saturated carbocycles. The van der Waals surface area contributed by atoms with E-state index in [0.717, 1.165) is 21.3 Å². The highest BCUT2D eigenvalue weighted by Gasteiger charge is 2.08. The fraction of sp³-hybridized carbons (Fsp3) is 0.200. The third-order valence-electron chi connectivity index (χ3n) is 2.91. The number of nitrogens with zero attached hydrogens (tertiary/aromatic N) is 1. The van der Waals surface area contributed by atoms with E-state index in [2.05, 4.69) is 21.2 Å². The van der Waals surface area contributed by atoms with Gasteiger partial charge in [-0.05, 0) is 30.8 Å². The molecule has 0 aliphatic carbocycles. The normalized spacial score (nSPS) is 10.4. The van der Waals surface area contributed by atoms with Crippen LogP contribution in [-0.2, 0) is 13.2 Å². The lowest BCUT2D eigenvalue weighted by atomic mass is 10.2. The van der Waals surface area contributed by atoms with Gasteiger partial charge in [0.1, 0.15) is 12.4 Å². The molecule has 2 aromatic rings. The number of benzene rings is 2. The second-order valence-corrected chi connectivity index (χ2v) is 5.41. The molecule has 6 heteroatoms. The predicted octanol–water partition coefficient (Wildman–Crippen LogP) is 3.66. The van der Waals surface area contributed by atoms with Gasteiger partial charge in [0, 0.05) is 28.7 Å². The van der Waals surface area contributed by atoms with Crippen LogP contribution < -0.4 is 10.1 Å². The van der Waals surface area contributed by atoms with Crippen LogP contribution in [0.5, 0.6) is 5.75 Å². The topological polar surface area (TPSA) is 64.4 Å². The van der Waals surface area contributed by atoms with Gasteiger partial charge in [-0.1, -0.05) is 28.1 Å². The van der Waals surface area contributed by atoms with Crippen LogP contribution in [0.1, 0.15) is 11.1 Å². The first kappa shape index (κ1) is 15.5. The van der Waals surface area contributed by atoms with Crippen molar-refractivity contribution in [2.45, 2.75) is 13.2 Å². The second-order valence-electron chi connectivity index (χ2n) is 4.50. The maximum absolute atomic E-state index is 10.8. The molecule has 0 aliphatic heterocycles. The number of halogens is 1. The highest BCUT2D eigenvalue weighted by molar-refractivity contribution is 9.10. The van der Waals surface area contributed by atoms with Gasteiger partial charge in [-0.2, -0.15) is 0 Å². The lowest BCUT2D eigenvalue weighted by Crippen LogP contribution is -2.07. The fourth-order valence-electron chi connectivity index (χ4n) is 1.94. The molecule has 0 amide bonds. The molecule has 2 aromatic carbocycles. The molecule has 110 valence electrons. The summed E-state index contributed by atoms with van der Waals surface area (Å²) in [6.07, 6.45) is 0. The van der Waals surface area contributed by atoms with Crippen molar-refractivity contribution in [3.05, 3.63) is 68.2 Å². The molecule has 0 spiro atoms. The van der Waals surface area contributed by atoms with Gasteiger partial charge in [0.15, 0.2) is 0 Å². The number of hydrogen-bond acceptors (Lipinski definition) is 4. The molecular weight excluding hydrogens is 336 g/mol. The zero-order valence-electron chi connectivity index (χ0n) is 11.5. The van der Waals surface area contributed by atoms with E-state index < -0.39 is 4.92 Å². The Balaban J connectivity index is 2.12. The SMILES string of the molecule is CNCc1cc(Br)ccc1OCc1cccc([N+](=O)[O-])c1. The van der Waals surface area contributed by atoms with Crippen LogP contribution in [0.2, 0.25) is 0 Å². The summed E-state index contributed by atoms with van der Waals surface area (Å²) in [5, 5.41) is 13.8. The Morgan fingerprint density at radius 3 is 2.81 bits per heavy atom. The molecule has 0 heterocycles. The van der Waals surface area contributed by atoms with E-state index in [1.165, 1.54) is 12.1 Å². The summed E-state index contributed by atoms with van der Waals surface area (Å²) in [6.45, 7) is 0.976. The standard InChI is InChI=1S/C15H15BrN2O3/c1-17-9-12-8-13(16)5-6-15(12)21-10-11-3-2-4-14(7-11)18(19)20/h2-8,17H,9-10H2,1H3. The average molecular weight is 351 g/mol. The lowest BCUT2D eigenvalue weighted by molar-refractivity contribution is -0.384. The number of nitrogens with one attached hydrogen (secondary N) is 1. The van der Waals surface area contributed by atoms with Crippen molar-refractivity contribution in [2.75, 3.05) is 7.05 Å². The summed E-state index contributed by atoms with van der Waals surface area (Å²) < 4.78 is 6.76. The number of nitro benzene ring substituents is 1. The molecule has 0 saturated heterocycles. The molecule has 1 N–H and O–H groups in total. The Morgan fingerprint density at radius 2 is 2.10 bits per heavy atom. The number of hydrogen-bond donors (Lipinski definition) is 1. The highest BCUT2D eigenvalue weighted by atomic mass is 79.9. The van der Waals surface area contributed by atoms with Crippen molar-refractivity contribution in [1.82, 2.24) is 5.32 Å². The molecule has 5 nitrogen and oxygen atoms in total. The summed E-state index contributed by atoms with van der Waals surface area (Å²) in [4.78, 5) is 10.3. The van der Waals surface area contributed by atoms with E-state index in [4.69, 9.17) is 4.74 Å². The van der Waals surface area contributed by atoms with Gasteiger partial charge in [-0.3, -0.25) is 10.1 Å². The maximum atomic E-state index is 10.8. The minimum atomic E-state index is -0.407. The lowest BCUT2D eigenvalue weighted by Gasteiger charge is -2.12. The third kappa shape index (κ3) is 4.27. The van der Waals surface area contributed by atoms with Gasteiger partial charge in [0.2, 0.25) is 0 Å². The molecule has 0 aromatic heterocycles. The zero-order chi connectivity index (χ0) is 15.2. The molecule has 0 unspecified atom stereocenters. The number of rotatable bonds is 6. The minimum absolute atomic E-state index is 0.0716. The Hall–Kier alpha value is -1.92. The van der Waals surface area contributed by atoms with Crippen LogP contribution in [0.4, 0.5) is 5.69 Å². The maximum Gasteiger partial charge on any atom is 0.269 e. The van der Waals surface area contributed by atoms with Gasteiger partial charge < -0.3 is 10.1 Å². The van der Waals surface area contributed by atoms with Crippen molar-refractivity contribution in [2.24, 2.45) is 0 Å². The summed E-state index contributed by atoms with van der Waals surface area (Å²) in [5.41, 5.74) is 1.86. The van der Waals surface area contributed by atoms with E-state index in [0.29, 0.717) is 13.2 Å². The Labute approximate surface area is 131 Å². The molecule has 0 fully saturated rings. The van der Waals surface area contributed by atoms with Gasteiger partial charge >= 0.3 is 0 Å². The van der Waals surface area contributed by atoms with Gasteiger partial charge in [-0.15, -0.1) is 0 Å². The first-order chi connectivity index (χ1) is 10.1. The summed E-state index contributed by atoms with van der Waals surface area (Å²) >= 11 is 3.43. The predicted molar refractivity (Wildman–Crippen MR) is 84.3 cm³/mol. The zero-order valence-corrected chi connectivity index (χ0v) is 13.1. The van der Waals surface area contributed by atoms with Gasteiger partial charge in [0.05, 0.1) is 4.92 Å². The number of nitro groups is 1. The fourth-order valence-corrected chi connectivity index (χ4v) is 2.35. The number of ether oxygens (including phenoxy) is 1. The Morgan fingerprint density at radius 1 is 1.29 bits per heavy atom. The summed E-state index contributed by atoms with van der Waals surface area (Å²) in [7, 11) is 1.87. The van der Waals surface area contributed by atoms with Crippen LogP contribution in [-0.4, -0.2) is 12.0 Å². The number of non-ortho nitro benzene ring substituents is 1. The summed E-state index contributed by atoms with van der Waals surface area (Å²) in [6, 6.07) is 12.2.